The molecule has 0 spiro atoms. The molecular weight excluding hydrogens is 454 g/mol. The summed E-state index contributed by atoms with van der Waals surface area (Å²) >= 11 is 0. The number of hydrogen-bond donors (Lipinski definition) is 1. The van der Waals surface area contributed by atoms with Gasteiger partial charge in [0.1, 0.15) is 17.9 Å². The van der Waals surface area contributed by atoms with Gasteiger partial charge in [0, 0.05) is 63.4 Å². The number of rotatable bonds is 9. The lowest BCUT2D eigenvalue weighted by atomic mass is 9.84. The molecule has 186 valence electrons. The van der Waals surface area contributed by atoms with Crippen molar-refractivity contribution < 1.29 is 4.74 Å². The van der Waals surface area contributed by atoms with E-state index < -0.39 is 8.07 Å². The summed E-state index contributed by atoms with van der Waals surface area (Å²) in [5, 5.41) is 18.9. The fourth-order valence-corrected chi connectivity index (χ4v) is 6.09. The molecule has 0 radical (unpaired) electrons. The van der Waals surface area contributed by atoms with Gasteiger partial charge in [0.25, 0.3) is 0 Å². The lowest BCUT2D eigenvalue weighted by Crippen LogP contribution is -2.66. The number of likely N-dealkylation sites (tertiary alicyclic amines) is 1. The topological polar surface area (TPSA) is 83.9 Å². The summed E-state index contributed by atoms with van der Waals surface area (Å²) in [5.74, 6) is 0. The number of nitrogens with one attached hydrogen (secondary N) is 1. The molecule has 1 N–H and O–H groups in total. The molecule has 2 fully saturated rings. The molecule has 2 aliphatic heterocycles. The fourth-order valence-electron chi connectivity index (χ4n) is 5.33. The Labute approximate surface area is 208 Å². The standard InChI is InChI=1S/C26H37N7OSi/c1-35(2,3)15-14-34-20-31-13-7-24-23(6-12-29-25(24)31)21-16-30-33(17-21)26(8-9-27)18-32(19-26)22-4-10-28-11-5-22/h6-7,12-13,16-17,22,28H,4-5,8,10-11,14-15,18-20H2,1-3H3. The summed E-state index contributed by atoms with van der Waals surface area (Å²) in [5.41, 5.74) is 2.87. The SMILES string of the molecule is C[Si](C)(C)CCOCn1ccc2c(-c3cnn(C4(CC#N)CN(C5CCNCC5)C4)c3)ccnc21. The van der Waals surface area contributed by atoms with Crippen molar-refractivity contribution >= 4 is 19.1 Å². The van der Waals surface area contributed by atoms with Gasteiger partial charge in [-0.15, -0.1) is 0 Å². The zero-order chi connectivity index (χ0) is 24.5. The van der Waals surface area contributed by atoms with Gasteiger partial charge in [-0.25, -0.2) is 4.98 Å². The van der Waals surface area contributed by atoms with Crippen LogP contribution in [0.3, 0.4) is 0 Å². The largest absolute Gasteiger partial charge is 0.361 e. The molecule has 8 nitrogen and oxygen atoms in total. The van der Waals surface area contributed by atoms with Crippen LogP contribution in [0.25, 0.3) is 22.2 Å². The average molecular weight is 492 g/mol. The molecule has 0 bridgehead atoms. The monoisotopic (exact) mass is 491 g/mol. The van der Waals surface area contributed by atoms with Crippen molar-refractivity contribution in [1.82, 2.24) is 29.5 Å². The number of aromatic nitrogens is 4. The lowest BCUT2D eigenvalue weighted by molar-refractivity contribution is -0.0339. The Morgan fingerprint density at radius 3 is 2.77 bits per heavy atom. The molecule has 5 heterocycles. The van der Waals surface area contributed by atoms with Gasteiger partial charge in [-0.05, 0) is 49.7 Å². The molecule has 3 aromatic heterocycles. The van der Waals surface area contributed by atoms with E-state index in [1.807, 2.05) is 17.1 Å². The van der Waals surface area contributed by atoms with Crippen LogP contribution in [0.5, 0.6) is 0 Å². The van der Waals surface area contributed by atoms with Crippen molar-refractivity contribution in [1.29, 1.82) is 5.26 Å². The third kappa shape index (κ3) is 5.07. The Balaban J connectivity index is 1.32. The third-order valence-corrected chi connectivity index (χ3v) is 9.20. The number of piperidine rings is 1. The minimum atomic E-state index is -1.10. The van der Waals surface area contributed by atoms with Gasteiger partial charge < -0.3 is 14.6 Å². The van der Waals surface area contributed by atoms with E-state index in [4.69, 9.17) is 9.84 Å². The van der Waals surface area contributed by atoms with Crippen LogP contribution in [0.1, 0.15) is 19.3 Å². The van der Waals surface area contributed by atoms with Crippen molar-refractivity contribution in [3.63, 3.8) is 0 Å². The van der Waals surface area contributed by atoms with E-state index in [-0.39, 0.29) is 5.54 Å². The van der Waals surface area contributed by atoms with E-state index in [2.05, 4.69) is 70.0 Å². The highest BCUT2D eigenvalue weighted by molar-refractivity contribution is 6.76. The van der Waals surface area contributed by atoms with E-state index in [1.165, 1.54) is 12.8 Å². The molecular formula is C26H37N7OSi. The Morgan fingerprint density at radius 2 is 2.03 bits per heavy atom. The summed E-state index contributed by atoms with van der Waals surface area (Å²) in [6.45, 7) is 12.4. The number of fused-ring (bicyclic) bond motifs is 1. The van der Waals surface area contributed by atoms with Gasteiger partial charge >= 0.3 is 0 Å². The second kappa shape index (κ2) is 9.86. The quantitative estimate of drug-likeness (QED) is 0.361. The first-order valence-electron chi connectivity index (χ1n) is 12.8. The molecule has 2 saturated heterocycles. The van der Waals surface area contributed by atoms with Crippen molar-refractivity contribution in [3.8, 4) is 17.2 Å². The third-order valence-electron chi connectivity index (χ3n) is 7.50. The highest BCUT2D eigenvalue weighted by Gasteiger charge is 2.47. The highest BCUT2D eigenvalue weighted by Crippen LogP contribution is 2.37. The van der Waals surface area contributed by atoms with Crippen LogP contribution in [0.2, 0.25) is 25.7 Å². The number of nitrogens with zero attached hydrogens (tertiary/aromatic N) is 6. The molecule has 3 aromatic rings. The molecule has 2 aliphatic rings. The summed E-state index contributed by atoms with van der Waals surface area (Å²) < 4.78 is 10.1. The van der Waals surface area contributed by atoms with E-state index >= 15 is 0 Å². The van der Waals surface area contributed by atoms with Crippen molar-refractivity contribution in [2.45, 2.75) is 63.3 Å². The number of hydrogen-bond acceptors (Lipinski definition) is 6. The molecule has 0 atom stereocenters. The second-order valence-electron chi connectivity index (χ2n) is 11.3. The van der Waals surface area contributed by atoms with Crippen LogP contribution < -0.4 is 5.32 Å². The second-order valence-corrected chi connectivity index (χ2v) is 17.0. The summed E-state index contributed by atoms with van der Waals surface area (Å²) in [4.78, 5) is 7.17. The fraction of sp³-hybridized carbons (Fsp3) is 0.577. The number of ether oxygens (including phenoxy) is 1. The smallest absolute Gasteiger partial charge is 0.142 e. The molecule has 35 heavy (non-hydrogen) atoms. The number of nitriles is 1. The van der Waals surface area contributed by atoms with Crippen LogP contribution in [0.4, 0.5) is 0 Å². The minimum Gasteiger partial charge on any atom is -0.361 e. The maximum atomic E-state index is 9.59. The number of pyridine rings is 1. The molecule has 0 aliphatic carbocycles. The van der Waals surface area contributed by atoms with E-state index in [1.54, 1.807) is 0 Å². The first-order chi connectivity index (χ1) is 16.9. The van der Waals surface area contributed by atoms with Crippen molar-refractivity contribution in [3.05, 3.63) is 36.9 Å². The summed E-state index contributed by atoms with van der Waals surface area (Å²) in [6, 6.07) is 8.37. The molecule has 9 heteroatoms. The van der Waals surface area contributed by atoms with E-state index in [0.29, 0.717) is 19.2 Å². The molecule has 0 saturated carbocycles. The van der Waals surface area contributed by atoms with Gasteiger partial charge in [0.2, 0.25) is 0 Å². The van der Waals surface area contributed by atoms with Crippen molar-refractivity contribution in [2.24, 2.45) is 0 Å². The average Bonchev–Trinajstić information content (AvgIpc) is 3.47. The Hall–Kier alpha value is -2.51. The van der Waals surface area contributed by atoms with Gasteiger partial charge in [0.05, 0.1) is 18.7 Å². The van der Waals surface area contributed by atoms with Crippen LogP contribution in [-0.2, 0) is 17.0 Å². The normalized spacial score (nSPS) is 19.0. The van der Waals surface area contributed by atoms with Gasteiger partial charge in [-0.1, -0.05) is 19.6 Å². The van der Waals surface area contributed by atoms with Crippen LogP contribution in [-0.4, -0.2) is 71.1 Å². The first-order valence-corrected chi connectivity index (χ1v) is 16.5. The molecule has 0 unspecified atom stereocenters. The lowest BCUT2D eigenvalue weighted by Gasteiger charge is -2.53. The maximum absolute atomic E-state index is 9.59. The summed E-state index contributed by atoms with van der Waals surface area (Å²) in [7, 11) is -1.10. The van der Waals surface area contributed by atoms with Crippen LogP contribution in [0, 0.1) is 11.3 Å². The Morgan fingerprint density at radius 1 is 1.23 bits per heavy atom. The molecule has 5 rings (SSSR count). The van der Waals surface area contributed by atoms with E-state index in [9.17, 15) is 5.26 Å². The minimum absolute atomic E-state index is 0.236. The van der Waals surface area contributed by atoms with Gasteiger partial charge in [-0.2, -0.15) is 10.4 Å². The predicted octanol–water partition coefficient (Wildman–Crippen LogP) is 3.89. The zero-order valence-electron chi connectivity index (χ0n) is 21.2. The Bertz CT molecular complexity index is 1190. The summed E-state index contributed by atoms with van der Waals surface area (Å²) in [6.07, 6.45) is 10.8. The first kappa shape index (κ1) is 24.2. The van der Waals surface area contributed by atoms with Crippen LogP contribution in [0.15, 0.2) is 36.9 Å². The molecule has 0 aromatic carbocycles. The highest BCUT2D eigenvalue weighted by atomic mass is 28.3. The molecule has 0 amide bonds. The zero-order valence-corrected chi connectivity index (χ0v) is 22.2. The van der Waals surface area contributed by atoms with Crippen molar-refractivity contribution in [2.75, 3.05) is 32.8 Å². The maximum Gasteiger partial charge on any atom is 0.142 e. The predicted molar refractivity (Wildman–Crippen MR) is 141 cm³/mol. The van der Waals surface area contributed by atoms with E-state index in [0.717, 1.165) is 61.0 Å². The van der Waals surface area contributed by atoms with Crippen LogP contribution >= 0.6 is 0 Å². The van der Waals surface area contributed by atoms with Gasteiger partial charge in [-0.3, -0.25) is 9.58 Å². The Kier molecular flexibility index (Phi) is 6.81. The van der Waals surface area contributed by atoms with Gasteiger partial charge in [0.15, 0.2) is 0 Å².